The number of nitrogens with one attached hydrogen (secondary N) is 2. The second-order valence-electron chi connectivity index (χ2n) is 5.72. The van der Waals surface area contributed by atoms with E-state index >= 15 is 0 Å². The van der Waals surface area contributed by atoms with Crippen molar-refractivity contribution >= 4 is 23.1 Å². The van der Waals surface area contributed by atoms with E-state index in [1.165, 1.54) is 24.3 Å². The summed E-state index contributed by atoms with van der Waals surface area (Å²) in [6.07, 6.45) is 3.83. The topological polar surface area (TPSA) is 58.4 Å². The van der Waals surface area contributed by atoms with Gasteiger partial charge in [-0.3, -0.25) is 0 Å². The molecule has 5 nitrogen and oxygen atoms in total. The molecule has 6 heteroatoms. The summed E-state index contributed by atoms with van der Waals surface area (Å²) in [7, 11) is 0. The summed E-state index contributed by atoms with van der Waals surface area (Å²) < 4.78 is 14.9. The molecule has 0 aliphatic carbocycles. The summed E-state index contributed by atoms with van der Waals surface area (Å²) in [6, 6.07) is 18.4. The van der Waals surface area contributed by atoms with E-state index in [0.29, 0.717) is 11.4 Å². The van der Waals surface area contributed by atoms with Crippen LogP contribution in [0.2, 0.25) is 0 Å². The van der Waals surface area contributed by atoms with Crippen LogP contribution in [0, 0.1) is 5.82 Å². The van der Waals surface area contributed by atoms with Crippen LogP contribution < -0.4 is 10.6 Å². The van der Waals surface area contributed by atoms with Crippen LogP contribution >= 0.6 is 0 Å². The Hall–Kier alpha value is -3.67. The normalized spacial score (nSPS) is 10.7. The van der Waals surface area contributed by atoms with Gasteiger partial charge in [-0.15, -0.1) is 0 Å². The highest BCUT2D eigenvalue weighted by atomic mass is 19.1. The van der Waals surface area contributed by atoms with Crippen molar-refractivity contribution in [2.45, 2.75) is 0 Å². The van der Waals surface area contributed by atoms with Gasteiger partial charge in [0, 0.05) is 23.6 Å². The number of imidazole rings is 1. The molecule has 2 amide bonds. The smallest absolute Gasteiger partial charge is 0.308 e. The zero-order chi connectivity index (χ0) is 17.9. The molecule has 2 heterocycles. The molecule has 2 aromatic carbocycles. The highest BCUT2D eigenvalue weighted by Crippen LogP contribution is 2.27. The fourth-order valence-electron chi connectivity index (χ4n) is 2.70. The number of amides is 2. The van der Waals surface area contributed by atoms with Gasteiger partial charge in [-0.25, -0.2) is 14.2 Å². The molecule has 4 aromatic rings. The fraction of sp³-hybridized carbons (Fsp3) is 0. The van der Waals surface area contributed by atoms with Gasteiger partial charge >= 0.3 is 6.03 Å². The van der Waals surface area contributed by atoms with Gasteiger partial charge in [0.25, 0.3) is 0 Å². The minimum absolute atomic E-state index is 0.354. The second kappa shape index (κ2) is 6.68. The first-order valence-electron chi connectivity index (χ1n) is 8.06. The number of aromatic nitrogens is 2. The SMILES string of the molecule is O=C(Nc1ccc(F)cc1)Nc1ccccc1-c1cn2ccccc2n1. The lowest BCUT2D eigenvalue weighted by molar-refractivity contribution is 0.262. The molecule has 0 saturated heterocycles. The minimum atomic E-state index is -0.409. The summed E-state index contributed by atoms with van der Waals surface area (Å²) in [4.78, 5) is 16.9. The highest BCUT2D eigenvalue weighted by Gasteiger charge is 2.11. The molecule has 0 bridgehead atoms. The van der Waals surface area contributed by atoms with E-state index in [4.69, 9.17) is 0 Å². The quantitative estimate of drug-likeness (QED) is 0.561. The zero-order valence-electron chi connectivity index (χ0n) is 13.7. The molecule has 2 aromatic heterocycles. The Morgan fingerprint density at radius 3 is 2.50 bits per heavy atom. The Kier molecular flexibility index (Phi) is 4.07. The first-order chi connectivity index (χ1) is 12.7. The Labute approximate surface area is 149 Å². The molecule has 0 radical (unpaired) electrons. The number of hydrogen-bond donors (Lipinski definition) is 2. The lowest BCUT2D eigenvalue weighted by Crippen LogP contribution is -2.19. The summed E-state index contributed by atoms with van der Waals surface area (Å²) in [5, 5.41) is 5.50. The molecule has 0 spiro atoms. The van der Waals surface area contributed by atoms with Crippen molar-refractivity contribution in [3.05, 3.63) is 84.9 Å². The first kappa shape index (κ1) is 15.8. The van der Waals surface area contributed by atoms with Crippen LogP contribution in [0.5, 0.6) is 0 Å². The van der Waals surface area contributed by atoms with Crippen LogP contribution in [0.25, 0.3) is 16.9 Å². The van der Waals surface area contributed by atoms with E-state index in [0.717, 1.165) is 16.9 Å². The lowest BCUT2D eigenvalue weighted by Gasteiger charge is -2.10. The van der Waals surface area contributed by atoms with Crippen LogP contribution in [0.15, 0.2) is 79.1 Å². The highest BCUT2D eigenvalue weighted by molar-refractivity contribution is 6.02. The summed E-state index contributed by atoms with van der Waals surface area (Å²) >= 11 is 0. The van der Waals surface area contributed by atoms with Crippen LogP contribution in [-0.2, 0) is 0 Å². The molecule has 4 rings (SSSR count). The maximum absolute atomic E-state index is 13.0. The third kappa shape index (κ3) is 3.25. The van der Waals surface area contributed by atoms with Crippen molar-refractivity contribution in [2.75, 3.05) is 10.6 Å². The standard InChI is InChI=1S/C20H15FN4O/c21-14-8-10-15(11-9-14)22-20(26)24-17-6-2-1-5-16(17)18-13-25-12-4-3-7-19(25)23-18/h1-13H,(H2,22,24,26). The Balaban J connectivity index is 1.59. The molecule has 128 valence electrons. The van der Waals surface area contributed by atoms with Gasteiger partial charge in [-0.2, -0.15) is 0 Å². The number of rotatable bonds is 3. The number of carbonyl (C=O) groups excluding carboxylic acids is 1. The summed E-state index contributed by atoms with van der Waals surface area (Å²) in [6.45, 7) is 0. The van der Waals surface area contributed by atoms with Gasteiger partial charge in [0.05, 0.1) is 11.4 Å². The molecule has 26 heavy (non-hydrogen) atoms. The summed E-state index contributed by atoms with van der Waals surface area (Å²) in [5.41, 5.74) is 3.54. The van der Waals surface area contributed by atoms with Crippen LogP contribution in [-0.4, -0.2) is 15.4 Å². The van der Waals surface area contributed by atoms with Gasteiger partial charge in [0.2, 0.25) is 0 Å². The molecular weight excluding hydrogens is 331 g/mol. The molecule has 0 aliphatic heterocycles. The van der Waals surface area contributed by atoms with E-state index < -0.39 is 6.03 Å². The predicted molar refractivity (Wildman–Crippen MR) is 99.7 cm³/mol. The molecule has 0 unspecified atom stereocenters. The third-order valence-corrected chi connectivity index (χ3v) is 3.92. The monoisotopic (exact) mass is 346 g/mol. The second-order valence-corrected chi connectivity index (χ2v) is 5.72. The number of halogens is 1. The Morgan fingerprint density at radius 2 is 1.69 bits per heavy atom. The van der Waals surface area contributed by atoms with Crippen molar-refractivity contribution in [2.24, 2.45) is 0 Å². The minimum Gasteiger partial charge on any atom is -0.308 e. The van der Waals surface area contributed by atoms with E-state index in [1.807, 2.05) is 59.3 Å². The number of nitrogens with zero attached hydrogens (tertiary/aromatic N) is 2. The molecule has 0 saturated carbocycles. The van der Waals surface area contributed by atoms with Gasteiger partial charge in [-0.1, -0.05) is 24.3 Å². The van der Waals surface area contributed by atoms with Gasteiger partial charge in [0.1, 0.15) is 11.5 Å². The molecule has 0 atom stereocenters. The van der Waals surface area contributed by atoms with E-state index in [9.17, 15) is 9.18 Å². The average Bonchev–Trinajstić information content (AvgIpc) is 3.08. The summed E-state index contributed by atoms with van der Waals surface area (Å²) in [5.74, 6) is -0.354. The molecule has 0 aliphatic rings. The van der Waals surface area contributed by atoms with Crippen molar-refractivity contribution in [3.63, 3.8) is 0 Å². The number of pyridine rings is 1. The molecular formula is C20H15FN4O. The number of carbonyl (C=O) groups is 1. The molecule has 2 N–H and O–H groups in total. The van der Waals surface area contributed by atoms with E-state index in [2.05, 4.69) is 15.6 Å². The fourth-order valence-corrected chi connectivity index (χ4v) is 2.70. The zero-order valence-corrected chi connectivity index (χ0v) is 13.7. The van der Waals surface area contributed by atoms with Crippen molar-refractivity contribution in [1.29, 1.82) is 0 Å². The van der Waals surface area contributed by atoms with E-state index in [1.54, 1.807) is 0 Å². The Bertz CT molecular complexity index is 1040. The first-order valence-corrected chi connectivity index (χ1v) is 8.06. The van der Waals surface area contributed by atoms with Gasteiger partial charge in [0.15, 0.2) is 0 Å². The third-order valence-electron chi connectivity index (χ3n) is 3.92. The van der Waals surface area contributed by atoms with Crippen LogP contribution in [0.3, 0.4) is 0 Å². The largest absolute Gasteiger partial charge is 0.323 e. The number of anilines is 2. The Morgan fingerprint density at radius 1 is 0.923 bits per heavy atom. The van der Waals surface area contributed by atoms with Crippen molar-refractivity contribution in [1.82, 2.24) is 9.38 Å². The number of benzene rings is 2. The van der Waals surface area contributed by atoms with Crippen LogP contribution in [0.4, 0.5) is 20.6 Å². The van der Waals surface area contributed by atoms with Crippen LogP contribution in [0.1, 0.15) is 0 Å². The maximum Gasteiger partial charge on any atom is 0.323 e. The number of hydrogen-bond acceptors (Lipinski definition) is 2. The van der Waals surface area contributed by atoms with Crippen molar-refractivity contribution in [3.8, 4) is 11.3 Å². The lowest BCUT2D eigenvalue weighted by atomic mass is 10.1. The number of para-hydroxylation sites is 1. The maximum atomic E-state index is 13.0. The van der Waals surface area contributed by atoms with Crippen molar-refractivity contribution < 1.29 is 9.18 Å². The average molecular weight is 346 g/mol. The predicted octanol–water partition coefficient (Wildman–Crippen LogP) is 4.78. The van der Waals surface area contributed by atoms with Gasteiger partial charge < -0.3 is 15.0 Å². The number of urea groups is 1. The number of fused-ring (bicyclic) bond motifs is 1. The van der Waals surface area contributed by atoms with E-state index in [-0.39, 0.29) is 5.82 Å². The van der Waals surface area contributed by atoms with Gasteiger partial charge in [-0.05, 0) is 42.5 Å². The molecule has 0 fully saturated rings.